The zero-order valence-corrected chi connectivity index (χ0v) is 25.5. The summed E-state index contributed by atoms with van der Waals surface area (Å²) in [6, 6.07) is 0. The quantitative estimate of drug-likeness (QED) is 0.101. The van der Waals surface area contributed by atoms with Crippen LogP contribution in [0.5, 0.6) is 0 Å². The summed E-state index contributed by atoms with van der Waals surface area (Å²) in [4.78, 5) is 10.8. The Morgan fingerprint density at radius 3 is 2.05 bits per heavy atom. The first kappa shape index (κ1) is 32.8. The molecule has 3 aliphatic heterocycles. The third-order valence-corrected chi connectivity index (χ3v) is 8.93. The van der Waals surface area contributed by atoms with Gasteiger partial charge in [-0.15, -0.1) is 0 Å². The van der Waals surface area contributed by atoms with Crippen LogP contribution < -0.4 is 0 Å². The lowest BCUT2D eigenvalue weighted by molar-refractivity contribution is -0.203. The fourth-order valence-electron chi connectivity index (χ4n) is 6.60. The average molecular weight is 577 g/mol. The van der Waals surface area contributed by atoms with Gasteiger partial charge in [0.25, 0.3) is 0 Å². The molecule has 4 aliphatic rings. The maximum Gasteiger partial charge on any atom is 0.158 e. The first-order valence-electron chi connectivity index (χ1n) is 16.8. The molecular formula is C34H56O7. The minimum Gasteiger partial charge on any atom is -0.353 e. The number of rotatable bonds is 17. The number of allylic oxidation sites excluding steroid dienone is 2. The highest BCUT2D eigenvalue weighted by molar-refractivity contribution is 5.49. The van der Waals surface area contributed by atoms with E-state index in [1.165, 1.54) is 12.8 Å². The summed E-state index contributed by atoms with van der Waals surface area (Å²) in [5.74, 6) is 0.425. The van der Waals surface area contributed by atoms with Gasteiger partial charge in [-0.25, -0.2) is 0 Å². The van der Waals surface area contributed by atoms with Gasteiger partial charge in [-0.05, 0) is 83.0 Å². The molecule has 4 fully saturated rings. The number of carbonyl (C=O) groups excluding carboxylic acids is 1. The standard InChI is InChI=1S/C34H56O7/c1-2-3-6-15-27(39-32-17-8-12-23-36-32)20-21-29-28(16-7-4-5-11-22-35)30(40-33-18-9-13-24-37-33)26-31(29)41-34-19-10-14-25-38-34/h4,7,20-22,27-34H,2-3,5-6,8-19,23-26H2,1H3/b7-4-,21-20+/t27-,28+,29+,30-,31+,32?,33?,34?/m0/s1. The monoisotopic (exact) mass is 576 g/mol. The van der Waals surface area contributed by atoms with Crippen molar-refractivity contribution in [3.63, 3.8) is 0 Å². The number of carbonyl (C=O) groups is 1. The molecule has 0 bridgehead atoms. The van der Waals surface area contributed by atoms with Gasteiger partial charge in [0.15, 0.2) is 18.9 Å². The molecule has 7 nitrogen and oxygen atoms in total. The number of hydrogen-bond donors (Lipinski definition) is 0. The van der Waals surface area contributed by atoms with Crippen LogP contribution in [-0.4, -0.2) is 63.3 Å². The molecule has 7 heteroatoms. The van der Waals surface area contributed by atoms with E-state index in [9.17, 15) is 4.79 Å². The molecule has 234 valence electrons. The molecule has 0 aromatic heterocycles. The van der Waals surface area contributed by atoms with Gasteiger partial charge in [-0.3, -0.25) is 0 Å². The summed E-state index contributed by atoms with van der Waals surface area (Å²) >= 11 is 0. The van der Waals surface area contributed by atoms with Crippen LogP contribution in [-0.2, 0) is 33.2 Å². The molecule has 41 heavy (non-hydrogen) atoms. The minimum atomic E-state index is -0.148. The Balaban J connectivity index is 1.52. The number of hydrogen-bond acceptors (Lipinski definition) is 7. The van der Waals surface area contributed by atoms with Crippen LogP contribution in [0.3, 0.4) is 0 Å². The second-order valence-electron chi connectivity index (χ2n) is 12.2. The SMILES string of the molecule is CCCCC[C@@H](/C=C/[C@@H]1[C@@H](C/C=C\CCC=O)[C@@H](OC2CCCCO2)C[C@H]1OC1CCCCO1)OC1CCCCO1. The van der Waals surface area contributed by atoms with Crippen molar-refractivity contribution < 1.29 is 33.2 Å². The van der Waals surface area contributed by atoms with E-state index in [1.807, 2.05) is 0 Å². The van der Waals surface area contributed by atoms with Crippen molar-refractivity contribution in [2.75, 3.05) is 19.8 Å². The average Bonchev–Trinajstić information content (AvgIpc) is 3.32. The van der Waals surface area contributed by atoms with Crippen LogP contribution in [0.15, 0.2) is 24.3 Å². The summed E-state index contributed by atoms with van der Waals surface area (Å²) in [5, 5.41) is 0. The Morgan fingerprint density at radius 1 is 0.780 bits per heavy atom. The minimum absolute atomic E-state index is 0.0125. The van der Waals surface area contributed by atoms with Crippen LogP contribution in [0.4, 0.5) is 0 Å². The lowest BCUT2D eigenvalue weighted by Gasteiger charge is -2.30. The highest BCUT2D eigenvalue weighted by Gasteiger charge is 2.45. The lowest BCUT2D eigenvalue weighted by Crippen LogP contribution is -2.31. The van der Waals surface area contributed by atoms with E-state index in [2.05, 4.69) is 31.2 Å². The van der Waals surface area contributed by atoms with E-state index in [0.717, 1.165) is 116 Å². The Kier molecular flexibility index (Phi) is 15.4. The van der Waals surface area contributed by atoms with Crippen LogP contribution in [0.2, 0.25) is 0 Å². The topological polar surface area (TPSA) is 72.5 Å². The first-order chi connectivity index (χ1) is 20.3. The second kappa shape index (κ2) is 19.2. The Hall–Kier alpha value is -1.09. The fraction of sp³-hybridized carbons (Fsp3) is 0.853. The van der Waals surface area contributed by atoms with Gasteiger partial charge in [-0.2, -0.15) is 0 Å². The third kappa shape index (κ3) is 11.5. The number of aldehydes is 1. The van der Waals surface area contributed by atoms with Crippen molar-refractivity contribution in [1.29, 1.82) is 0 Å². The predicted octanol–water partition coefficient (Wildman–Crippen LogP) is 7.42. The zero-order valence-electron chi connectivity index (χ0n) is 25.5. The smallest absolute Gasteiger partial charge is 0.158 e. The lowest BCUT2D eigenvalue weighted by atomic mass is 9.89. The third-order valence-electron chi connectivity index (χ3n) is 8.93. The van der Waals surface area contributed by atoms with Crippen molar-refractivity contribution in [3.05, 3.63) is 24.3 Å². The fourth-order valence-corrected chi connectivity index (χ4v) is 6.60. The molecule has 3 unspecified atom stereocenters. The second-order valence-corrected chi connectivity index (χ2v) is 12.2. The molecule has 8 atom stereocenters. The molecule has 0 amide bonds. The molecular weight excluding hydrogens is 520 g/mol. The van der Waals surface area contributed by atoms with Crippen LogP contribution in [0.1, 0.15) is 116 Å². The van der Waals surface area contributed by atoms with Crippen molar-refractivity contribution in [1.82, 2.24) is 0 Å². The van der Waals surface area contributed by atoms with Gasteiger partial charge in [0, 0.05) is 38.6 Å². The van der Waals surface area contributed by atoms with Gasteiger partial charge < -0.3 is 33.2 Å². The Morgan fingerprint density at radius 2 is 1.44 bits per heavy atom. The van der Waals surface area contributed by atoms with E-state index in [4.69, 9.17) is 28.4 Å². The summed E-state index contributed by atoms with van der Waals surface area (Å²) in [5.41, 5.74) is 0. The van der Waals surface area contributed by atoms with Crippen molar-refractivity contribution in [3.8, 4) is 0 Å². The largest absolute Gasteiger partial charge is 0.353 e. The molecule has 0 radical (unpaired) electrons. The van der Waals surface area contributed by atoms with Crippen molar-refractivity contribution in [2.24, 2.45) is 11.8 Å². The maximum atomic E-state index is 10.8. The van der Waals surface area contributed by atoms with Gasteiger partial charge in [0.05, 0.1) is 18.3 Å². The predicted molar refractivity (Wildman–Crippen MR) is 159 cm³/mol. The molecule has 0 N–H and O–H groups in total. The molecule has 0 spiro atoms. The van der Waals surface area contributed by atoms with E-state index in [0.29, 0.717) is 6.42 Å². The number of ether oxygens (including phenoxy) is 6. The highest BCUT2D eigenvalue weighted by atomic mass is 16.7. The van der Waals surface area contributed by atoms with Crippen molar-refractivity contribution >= 4 is 6.29 Å². The van der Waals surface area contributed by atoms with Crippen LogP contribution in [0.25, 0.3) is 0 Å². The molecule has 1 aliphatic carbocycles. The van der Waals surface area contributed by atoms with Crippen LogP contribution >= 0.6 is 0 Å². The summed E-state index contributed by atoms with van der Waals surface area (Å²) in [7, 11) is 0. The summed E-state index contributed by atoms with van der Waals surface area (Å²) in [6.07, 6.45) is 26.9. The molecule has 4 rings (SSSR count). The van der Waals surface area contributed by atoms with Gasteiger partial charge >= 0.3 is 0 Å². The van der Waals surface area contributed by atoms with E-state index < -0.39 is 0 Å². The molecule has 3 heterocycles. The zero-order chi connectivity index (χ0) is 28.5. The van der Waals surface area contributed by atoms with Crippen molar-refractivity contribution in [2.45, 2.75) is 153 Å². The highest BCUT2D eigenvalue weighted by Crippen LogP contribution is 2.42. The van der Waals surface area contributed by atoms with Gasteiger partial charge in [-0.1, -0.05) is 50.5 Å². The first-order valence-corrected chi connectivity index (χ1v) is 16.8. The van der Waals surface area contributed by atoms with Gasteiger partial charge in [0.2, 0.25) is 0 Å². The Bertz CT molecular complexity index is 752. The molecule has 1 saturated carbocycles. The molecule has 0 aromatic carbocycles. The Labute approximate surface area is 248 Å². The van der Waals surface area contributed by atoms with Gasteiger partial charge in [0.1, 0.15) is 6.29 Å². The number of unbranched alkanes of at least 4 members (excludes halogenated alkanes) is 3. The van der Waals surface area contributed by atoms with Crippen LogP contribution in [0, 0.1) is 11.8 Å². The summed E-state index contributed by atoms with van der Waals surface area (Å²) < 4.78 is 37.9. The molecule has 3 saturated heterocycles. The normalized spacial score (nSPS) is 33.9. The maximum absolute atomic E-state index is 10.8. The molecule has 0 aromatic rings. The van der Waals surface area contributed by atoms with E-state index in [1.54, 1.807) is 0 Å². The van der Waals surface area contributed by atoms with E-state index >= 15 is 0 Å². The summed E-state index contributed by atoms with van der Waals surface area (Å²) in [6.45, 7) is 4.57. The van der Waals surface area contributed by atoms with E-state index in [-0.39, 0.29) is 49.0 Å².